The van der Waals surface area contributed by atoms with Crippen LogP contribution in [-0.4, -0.2) is 64.8 Å². The van der Waals surface area contributed by atoms with Gasteiger partial charge in [-0.3, -0.25) is 0 Å². The van der Waals surface area contributed by atoms with Crippen LogP contribution in [0.4, 0.5) is 0 Å². The molecular weight excluding hydrogens is 347 g/mol. The second kappa shape index (κ2) is 6.00. The topological polar surface area (TPSA) is 13.0 Å². The first-order valence-corrected chi connectivity index (χ1v) is 13.0. The van der Waals surface area contributed by atoms with Crippen molar-refractivity contribution in [1.82, 2.24) is 19.6 Å². The van der Waals surface area contributed by atoms with Crippen molar-refractivity contribution in [2.24, 2.45) is 0 Å². The molecule has 1 saturated heterocycles. The van der Waals surface area contributed by atoms with Crippen molar-refractivity contribution in [3.05, 3.63) is 24.8 Å². The number of hydrogen-bond donors (Lipinski definition) is 0. The summed E-state index contributed by atoms with van der Waals surface area (Å²) in [5.41, 5.74) is 0. The molecule has 120 valence electrons. The number of rotatable bonds is 3. The van der Waals surface area contributed by atoms with Crippen LogP contribution in [0.25, 0.3) is 0 Å². The molecule has 0 amide bonds. The van der Waals surface area contributed by atoms with Crippen LogP contribution in [0.3, 0.4) is 0 Å². The molecule has 0 saturated carbocycles. The zero-order valence-corrected chi connectivity index (χ0v) is 16.0. The van der Waals surface area contributed by atoms with Gasteiger partial charge in [0.2, 0.25) is 0 Å². The fourth-order valence-corrected chi connectivity index (χ4v) is 11.1. The molecule has 0 spiro atoms. The molecule has 0 N–H and O–H groups in total. The number of halogens is 1. The van der Waals surface area contributed by atoms with Gasteiger partial charge in [-0.05, 0) is 0 Å². The summed E-state index contributed by atoms with van der Waals surface area (Å²) in [6.07, 6.45) is 12.9. The molecule has 0 aromatic rings. The normalized spacial score (nSPS) is 32.0. The second-order valence-corrected chi connectivity index (χ2v) is 15.0. The number of unbranched alkanes of at least 4 members (excludes halogenated alkanes) is 1. The Morgan fingerprint density at radius 3 is 2.48 bits per heavy atom. The van der Waals surface area contributed by atoms with E-state index in [2.05, 4.69) is 80.5 Å². The van der Waals surface area contributed by atoms with Gasteiger partial charge in [0.25, 0.3) is 0 Å². The fourth-order valence-electron chi connectivity index (χ4n) is 3.98. The molecule has 3 rings (SSSR count). The molecule has 0 aromatic heterocycles. The van der Waals surface area contributed by atoms with Gasteiger partial charge in [0.1, 0.15) is 0 Å². The maximum atomic E-state index is 4.26. The van der Waals surface area contributed by atoms with E-state index in [-0.39, 0.29) is 0 Å². The molecule has 0 aliphatic carbocycles. The van der Waals surface area contributed by atoms with Crippen LogP contribution in [-0.2, 0) is 0 Å². The summed E-state index contributed by atoms with van der Waals surface area (Å²) in [5.74, 6) is -0.682. The first kappa shape index (κ1) is 15.5. The summed E-state index contributed by atoms with van der Waals surface area (Å²) in [6.45, 7) is 8.26. The third-order valence-corrected chi connectivity index (χ3v) is 10.8. The summed E-state index contributed by atoms with van der Waals surface area (Å²) >= 11 is 4.26. The first-order chi connectivity index (χ1) is 10.1. The molecular formula is C15H28BrN4P. The minimum atomic E-state index is -1.72. The molecule has 0 aromatic carbocycles. The molecule has 3 aliphatic heterocycles. The van der Waals surface area contributed by atoms with E-state index in [1.807, 2.05) is 0 Å². The molecule has 21 heavy (non-hydrogen) atoms. The van der Waals surface area contributed by atoms with E-state index in [0.29, 0.717) is 11.8 Å². The molecule has 4 nitrogen and oxygen atoms in total. The van der Waals surface area contributed by atoms with Crippen molar-refractivity contribution in [1.29, 1.82) is 0 Å². The third kappa shape index (κ3) is 2.68. The van der Waals surface area contributed by atoms with Gasteiger partial charge >= 0.3 is 137 Å². The summed E-state index contributed by atoms with van der Waals surface area (Å²) in [5, 5.41) is 0. The predicted molar refractivity (Wildman–Crippen MR) is 96.4 cm³/mol. The Hall–Kier alpha value is -0.410. The van der Waals surface area contributed by atoms with Gasteiger partial charge in [0.05, 0.1) is 0 Å². The standard InChI is InChI=1S/C15H28BrN4P/c1-4-5-7-19-12-13-20-9-6-8-18-11-10-17(2)14(18)21(3,16)15(19)20/h10-15,21H,4-9H2,1-3H3. The Morgan fingerprint density at radius 1 is 1.10 bits per heavy atom. The van der Waals surface area contributed by atoms with Gasteiger partial charge in [-0.1, -0.05) is 0 Å². The van der Waals surface area contributed by atoms with Gasteiger partial charge in [0, 0.05) is 0 Å². The van der Waals surface area contributed by atoms with Crippen LogP contribution in [0.5, 0.6) is 0 Å². The van der Waals surface area contributed by atoms with E-state index in [1.54, 1.807) is 0 Å². The van der Waals surface area contributed by atoms with Crippen LogP contribution in [0.2, 0.25) is 0 Å². The van der Waals surface area contributed by atoms with Crippen LogP contribution in [0, 0.1) is 0 Å². The summed E-state index contributed by atoms with van der Waals surface area (Å²) in [4.78, 5) is 10.1. The Bertz CT molecular complexity index is 439. The molecule has 0 bridgehead atoms. The van der Waals surface area contributed by atoms with Crippen molar-refractivity contribution < 1.29 is 0 Å². The zero-order chi connectivity index (χ0) is 15.0. The average Bonchev–Trinajstić information content (AvgIpc) is 2.99. The van der Waals surface area contributed by atoms with E-state index in [1.165, 1.54) is 32.4 Å². The van der Waals surface area contributed by atoms with Gasteiger partial charge in [0.15, 0.2) is 0 Å². The summed E-state index contributed by atoms with van der Waals surface area (Å²) in [7, 11) is 2.22. The second-order valence-electron chi connectivity index (χ2n) is 6.58. The molecule has 6 heteroatoms. The number of nitrogens with zero attached hydrogens (tertiary/aromatic N) is 4. The van der Waals surface area contributed by atoms with Crippen molar-refractivity contribution >= 4 is 21.5 Å². The maximum absolute atomic E-state index is 4.26. The van der Waals surface area contributed by atoms with Crippen molar-refractivity contribution in [3.8, 4) is 0 Å². The molecule has 3 aliphatic rings. The van der Waals surface area contributed by atoms with E-state index in [9.17, 15) is 0 Å². The Labute approximate surface area is 137 Å². The number of hydrogen-bond acceptors (Lipinski definition) is 4. The van der Waals surface area contributed by atoms with E-state index < -0.39 is 5.96 Å². The Kier molecular flexibility index (Phi) is 4.42. The Balaban J connectivity index is 1.87. The third-order valence-electron chi connectivity index (χ3n) is 4.88. The van der Waals surface area contributed by atoms with Crippen LogP contribution < -0.4 is 0 Å². The van der Waals surface area contributed by atoms with E-state index in [4.69, 9.17) is 0 Å². The summed E-state index contributed by atoms with van der Waals surface area (Å²) in [6, 6.07) is 0. The van der Waals surface area contributed by atoms with Crippen LogP contribution in [0.1, 0.15) is 26.2 Å². The van der Waals surface area contributed by atoms with E-state index >= 15 is 0 Å². The van der Waals surface area contributed by atoms with Crippen LogP contribution in [0.15, 0.2) is 24.8 Å². The van der Waals surface area contributed by atoms with Crippen molar-refractivity contribution in [3.63, 3.8) is 0 Å². The Morgan fingerprint density at radius 2 is 1.76 bits per heavy atom. The molecule has 2 unspecified atom stereocenters. The minimum absolute atomic E-state index is 0.509. The fraction of sp³-hybridized carbons (Fsp3) is 0.733. The molecule has 0 radical (unpaired) electrons. The van der Waals surface area contributed by atoms with Gasteiger partial charge in [-0.25, -0.2) is 0 Å². The zero-order valence-electron chi connectivity index (χ0n) is 13.4. The average molecular weight is 375 g/mol. The quantitative estimate of drug-likeness (QED) is 0.702. The van der Waals surface area contributed by atoms with Crippen molar-refractivity contribution in [2.75, 3.05) is 33.3 Å². The molecule has 3 heterocycles. The monoisotopic (exact) mass is 374 g/mol. The SMILES string of the molecule is CCCCN1C=CN2CCCN3C=CN(C)C3[PH](C)(Br)C12. The summed E-state index contributed by atoms with van der Waals surface area (Å²) < 4.78 is 0. The number of fused-ring (bicyclic) bond motifs is 2. The van der Waals surface area contributed by atoms with E-state index in [0.717, 1.165) is 6.54 Å². The van der Waals surface area contributed by atoms with Gasteiger partial charge < -0.3 is 0 Å². The van der Waals surface area contributed by atoms with Crippen LogP contribution >= 0.6 is 21.5 Å². The van der Waals surface area contributed by atoms with Crippen molar-refractivity contribution in [2.45, 2.75) is 38.0 Å². The first-order valence-electron chi connectivity index (χ1n) is 8.10. The molecule has 1 fully saturated rings. The molecule has 2 atom stereocenters. The van der Waals surface area contributed by atoms with Gasteiger partial charge in [-0.15, -0.1) is 0 Å². The van der Waals surface area contributed by atoms with Gasteiger partial charge in [-0.2, -0.15) is 0 Å². The predicted octanol–water partition coefficient (Wildman–Crippen LogP) is 3.25.